The molecule has 0 radical (unpaired) electrons. The smallest absolute Gasteiger partial charge is 0.124 e. The van der Waals surface area contributed by atoms with Crippen molar-refractivity contribution in [3.8, 4) is 5.75 Å². The molecule has 3 nitrogen and oxygen atoms in total. The Morgan fingerprint density at radius 2 is 2.07 bits per heavy atom. The molecule has 1 aromatic rings. The van der Waals surface area contributed by atoms with Gasteiger partial charge in [0.15, 0.2) is 0 Å². The number of ether oxygens (including phenoxy) is 2. The molecule has 0 aliphatic carbocycles. The van der Waals surface area contributed by atoms with Crippen LogP contribution in [-0.4, -0.2) is 20.3 Å². The van der Waals surface area contributed by atoms with Crippen LogP contribution >= 0.6 is 0 Å². The molecule has 0 aromatic heterocycles. The Balaban J connectivity index is 2.77. The van der Waals surface area contributed by atoms with Crippen molar-refractivity contribution in [1.82, 2.24) is 0 Å². The molecule has 15 heavy (non-hydrogen) atoms. The number of benzene rings is 1. The lowest BCUT2D eigenvalue weighted by molar-refractivity contribution is 0.145. The minimum atomic E-state index is -0.0116. The summed E-state index contributed by atoms with van der Waals surface area (Å²) in [6.45, 7) is 5.15. The molecule has 0 spiro atoms. The topological polar surface area (TPSA) is 44.5 Å². The highest BCUT2D eigenvalue weighted by atomic mass is 16.5. The minimum absolute atomic E-state index is 0.0116. The lowest BCUT2D eigenvalue weighted by Gasteiger charge is -2.14. The van der Waals surface area contributed by atoms with Gasteiger partial charge in [-0.25, -0.2) is 0 Å². The van der Waals surface area contributed by atoms with Crippen molar-refractivity contribution in [2.24, 2.45) is 5.73 Å². The molecule has 0 fully saturated rings. The van der Waals surface area contributed by atoms with Gasteiger partial charge in [-0.2, -0.15) is 0 Å². The molecule has 3 heteroatoms. The van der Waals surface area contributed by atoms with E-state index in [-0.39, 0.29) is 6.04 Å². The molecule has 1 rings (SSSR count). The van der Waals surface area contributed by atoms with Crippen LogP contribution < -0.4 is 10.5 Å². The second-order valence-electron chi connectivity index (χ2n) is 3.67. The minimum Gasteiger partial charge on any atom is -0.491 e. The molecule has 84 valence electrons. The summed E-state index contributed by atoms with van der Waals surface area (Å²) in [5, 5.41) is 0. The van der Waals surface area contributed by atoms with E-state index >= 15 is 0 Å². The van der Waals surface area contributed by atoms with Crippen molar-refractivity contribution in [2.75, 3.05) is 20.3 Å². The molecule has 0 amide bonds. The molecule has 0 saturated carbocycles. The van der Waals surface area contributed by atoms with Gasteiger partial charge in [0.1, 0.15) is 12.4 Å². The van der Waals surface area contributed by atoms with Gasteiger partial charge >= 0.3 is 0 Å². The fraction of sp³-hybridized carbons (Fsp3) is 0.500. The van der Waals surface area contributed by atoms with Gasteiger partial charge in [-0.3, -0.25) is 0 Å². The van der Waals surface area contributed by atoms with E-state index in [0.717, 1.165) is 11.3 Å². The predicted molar refractivity (Wildman–Crippen MR) is 61.2 cm³/mol. The van der Waals surface area contributed by atoms with E-state index in [1.807, 2.05) is 26.0 Å². The summed E-state index contributed by atoms with van der Waals surface area (Å²) >= 11 is 0. The van der Waals surface area contributed by atoms with Gasteiger partial charge in [0.25, 0.3) is 0 Å². The third kappa shape index (κ3) is 3.53. The predicted octanol–water partition coefficient (Wildman–Crippen LogP) is 2.04. The highest BCUT2D eigenvalue weighted by molar-refractivity contribution is 5.38. The van der Waals surface area contributed by atoms with Crippen LogP contribution in [0.4, 0.5) is 0 Å². The van der Waals surface area contributed by atoms with Gasteiger partial charge in [-0.15, -0.1) is 0 Å². The second kappa shape index (κ2) is 5.73. The number of hydrogen-bond donors (Lipinski definition) is 1. The third-order valence-corrected chi connectivity index (χ3v) is 2.20. The van der Waals surface area contributed by atoms with Gasteiger partial charge in [-0.05, 0) is 19.9 Å². The van der Waals surface area contributed by atoms with E-state index in [2.05, 4.69) is 6.07 Å². The van der Waals surface area contributed by atoms with E-state index in [9.17, 15) is 0 Å². The highest BCUT2D eigenvalue weighted by Crippen LogP contribution is 2.24. The number of methoxy groups -OCH3 is 1. The van der Waals surface area contributed by atoms with Crippen molar-refractivity contribution in [1.29, 1.82) is 0 Å². The normalized spacial score (nSPS) is 12.5. The van der Waals surface area contributed by atoms with Crippen LogP contribution in [0.5, 0.6) is 5.75 Å². The first-order valence-corrected chi connectivity index (χ1v) is 5.13. The van der Waals surface area contributed by atoms with E-state index in [1.165, 1.54) is 5.56 Å². The Morgan fingerprint density at radius 1 is 1.33 bits per heavy atom. The van der Waals surface area contributed by atoms with Crippen molar-refractivity contribution < 1.29 is 9.47 Å². The lowest BCUT2D eigenvalue weighted by Crippen LogP contribution is -2.11. The molecule has 0 saturated heterocycles. The first kappa shape index (κ1) is 12.0. The van der Waals surface area contributed by atoms with Gasteiger partial charge in [0.05, 0.1) is 6.61 Å². The highest BCUT2D eigenvalue weighted by Gasteiger charge is 2.07. The number of aryl methyl sites for hydroxylation is 1. The van der Waals surface area contributed by atoms with Crippen LogP contribution in [0.3, 0.4) is 0 Å². The van der Waals surface area contributed by atoms with Crippen molar-refractivity contribution in [3.63, 3.8) is 0 Å². The summed E-state index contributed by atoms with van der Waals surface area (Å²) in [6, 6.07) is 6.03. The molecule has 2 N–H and O–H groups in total. The average Bonchev–Trinajstić information content (AvgIpc) is 2.20. The maximum atomic E-state index is 5.88. The van der Waals surface area contributed by atoms with Crippen molar-refractivity contribution in [2.45, 2.75) is 19.9 Å². The Hall–Kier alpha value is -1.06. The molecular weight excluding hydrogens is 190 g/mol. The number of hydrogen-bond acceptors (Lipinski definition) is 3. The monoisotopic (exact) mass is 209 g/mol. The van der Waals surface area contributed by atoms with Gasteiger partial charge in [0, 0.05) is 18.7 Å². The molecule has 1 aromatic carbocycles. The fourth-order valence-electron chi connectivity index (χ4n) is 1.39. The maximum absolute atomic E-state index is 5.88. The van der Waals surface area contributed by atoms with Crippen LogP contribution in [0.2, 0.25) is 0 Å². The lowest BCUT2D eigenvalue weighted by atomic mass is 10.1. The molecule has 0 aliphatic rings. The molecule has 0 bridgehead atoms. The van der Waals surface area contributed by atoms with Crippen LogP contribution in [0.1, 0.15) is 24.1 Å². The fourth-order valence-corrected chi connectivity index (χ4v) is 1.39. The van der Waals surface area contributed by atoms with Crippen molar-refractivity contribution >= 4 is 0 Å². The second-order valence-corrected chi connectivity index (χ2v) is 3.67. The SMILES string of the molecule is COCCOc1ccc(C)cc1[C@@H](C)N. The Bertz CT molecular complexity index is 310. The standard InChI is InChI=1S/C12H19NO2/c1-9-4-5-12(15-7-6-14-3)11(8-9)10(2)13/h4-5,8,10H,6-7,13H2,1-3H3/t10-/m1/s1. The van der Waals surface area contributed by atoms with Crippen molar-refractivity contribution in [3.05, 3.63) is 29.3 Å². The average molecular weight is 209 g/mol. The summed E-state index contributed by atoms with van der Waals surface area (Å²) in [6.07, 6.45) is 0. The molecule has 1 atom stereocenters. The van der Waals surface area contributed by atoms with Crippen LogP contribution in [0.15, 0.2) is 18.2 Å². The van der Waals surface area contributed by atoms with Crippen LogP contribution in [0, 0.1) is 6.92 Å². The number of nitrogens with two attached hydrogens (primary N) is 1. The summed E-state index contributed by atoms with van der Waals surface area (Å²) in [5.74, 6) is 0.854. The van der Waals surface area contributed by atoms with E-state index in [0.29, 0.717) is 13.2 Å². The summed E-state index contributed by atoms with van der Waals surface area (Å²) in [5.41, 5.74) is 8.12. The van der Waals surface area contributed by atoms with E-state index in [1.54, 1.807) is 7.11 Å². The van der Waals surface area contributed by atoms with Gasteiger partial charge in [-0.1, -0.05) is 17.7 Å². The van der Waals surface area contributed by atoms with E-state index < -0.39 is 0 Å². The Labute approximate surface area is 91.2 Å². The quantitative estimate of drug-likeness (QED) is 0.755. The molecular formula is C12H19NO2. The molecule has 0 unspecified atom stereocenters. The van der Waals surface area contributed by atoms with E-state index in [4.69, 9.17) is 15.2 Å². The first-order chi connectivity index (χ1) is 7.15. The zero-order chi connectivity index (χ0) is 11.3. The zero-order valence-electron chi connectivity index (χ0n) is 9.62. The summed E-state index contributed by atoms with van der Waals surface area (Å²) in [4.78, 5) is 0. The van der Waals surface area contributed by atoms with Crippen LogP contribution in [-0.2, 0) is 4.74 Å². The zero-order valence-corrected chi connectivity index (χ0v) is 9.62. The Morgan fingerprint density at radius 3 is 2.67 bits per heavy atom. The largest absolute Gasteiger partial charge is 0.491 e. The first-order valence-electron chi connectivity index (χ1n) is 5.13. The maximum Gasteiger partial charge on any atom is 0.124 e. The van der Waals surface area contributed by atoms with Gasteiger partial charge in [0.2, 0.25) is 0 Å². The van der Waals surface area contributed by atoms with Crippen LogP contribution in [0.25, 0.3) is 0 Å². The summed E-state index contributed by atoms with van der Waals surface area (Å²) in [7, 11) is 1.66. The number of rotatable bonds is 5. The third-order valence-electron chi connectivity index (χ3n) is 2.20. The molecule has 0 aliphatic heterocycles. The molecule has 0 heterocycles. The van der Waals surface area contributed by atoms with Gasteiger partial charge < -0.3 is 15.2 Å². The Kier molecular flexibility index (Phi) is 4.59. The summed E-state index contributed by atoms with van der Waals surface area (Å²) < 4.78 is 10.5.